The molecule has 0 radical (unpaired) electrons. The Morgan fingerprint density at radius 1 is 0.357 bits per heavy atom. The van der Waals surface area contributed by atoms with Crippen LogP contribution in [0.15, 0.2) is 99.2 Å². The van der Waals surface area contributed by atoms with Gasteiger partial charge in [-0.25, -0.2) is 0 Å². The van der Waals surface area contributed by atoms with Crippen molar-refractivity contribution in [1.82, 2.24) is 0 Å². The lowest BCUT2D eigenvalue weighted by atomic mass is 9.87. The average molecular weight is 753 g/mol. The van der Waals surface area contributed by atoms with Crippen molar-refractivity contribution in [2.45, 2.75) is 105 Å². The van der Waals surface area contributed by atoms with Crippen LogP contribution in [0.25, 0.3) is 0 Å². The van der Waals surface area contributed by atoms with E-state index >= 15 is 0 Å². The highest BCUT2D eigenvalue weighted by atomic mass is 16.5. The number of rotatable bonds is 20. The lowest BCUT2D eigenvalue weighted by Gasteiger charge is -2.24. The number of benzene rings is 4. The number of ether oxygens (including phenoxy) is 4. The molecule has 296 valence electrons. The molecule has 0 fully saturated rings. The zero-order valence-electron chi connectivity index (χ0n) is 34.7. The Hall–Kier alpha value is -4.96. The molecule has 0 atom stereocenters. The first-order valence-electron chi connectivity index (χ1n) is 20.9. The van der Waals surface area contributed by atoms with Gasteiger partial charge >= 0.3 is 0 Å². The molecule has 1 aliphatic carbocycles. The van der Waals surface area contributed by atoms with Crippen LogP contribution in [0.2, 0.25) is 0 Å². The monoisotopic (exact) mass is 752 g/mol. The van der Waals surface area contributed by atoms with Crippen molar-refractivity contribution in [3.8, 4) is 23.0 Å². The molecule has 4 heteroatoms. The lowest BCUT2D eigenvalue weighted by Crippen LogP contribution is -2.11. The smallest absolute Gasteiger partial charge is 0.126 e. The topological polar surface area (TPSA) is 36.9 Å². The molecule has 8 bridgehead atoms. The van der Waals surface area contributed by atoms with Crippen LogP contribution in [-0.4, -0.2) is 26.4 Å². The van der Waals surface area contributed by atoms with Crippen LogP contribution in [0, 0.1) is 0 Å². The Bertz CT molecular complexity index is 1600. The Kier molecular flexibility index (Phi) is 16.1. The Morgan fingerprint density at radius 2 is 0.536 bits per heavy atom. The van der Waals surface area contributed by atoms with Crippen LogP contribution in [0.3, 0.4) is 0 Å². The summed E-state index contributed by atoms with van der Waals surface area (Å²) in [5.41, 5.74) is 14.1. The van der Waals surface area contributed by atoms with Crippen molar-refractivity contribution >= 4 is 0 Å². The van der Waals surface area contributed by atoms with Crippen LogP contribution >= 0.6 is 0 Å². The quantitative estimate of drug-likeness (QED) is 0.0742. The van der Waals surface area contributed by atoms with Gasteiger partial charge in [-0.3, -0.25) is 0 Å². The fourth-order valence-corrected chi connectivity index (χ4v) is 7.87. The molecule has 4 nitrogen and oxygen atoms in total. The highest BCUT2D eigenvalue weighted by molar-refractivity contribution is 5.59. The van der Waals surface area contributed by atoms with Gasteiger partial charge < -0.3 is 18.9 Å². The summed E-state index contributed by atoms with van der Waals surface area (Å²) in [5, 5.41) is 0. The third kappa shape index (κ3) is 10.7. The minimum absolute atomic E-state index is 0.630. The highest BCUT2D eigenvalue weighted by Gasteiger charge is 2.24. The van der Waals surface area contributed by atoms with Crippen molar-refractivity contribution in [2.24, 2.45) is 0 Å². The summed E-state index contributed by atoms with van der Waals surface area (Å²) in [6.07, 6.45) is 17.3. The molecule has 56 heavy (non-hydrogen) atoms. The summed E-state index contributed by atoms with van der Waals surface area (Å²) >= 11 is 0. The maximum Gasteiger partial charge on any atom is 0.126 e. The number of hydrogen-bond donors (Lipinski definition) is 0. The third-order valence-corrected chi connectivity index (χ3v) is 10.1. The van der Waals surface area contributed by atoms with E-state index in [9.17, 15) is 0 Å². The molecule has 0 saturated carbocycles. The van der Waals surface area contributed by atoms with E-state index in [0.29, 0.717) is 52.1 Å². The molecular weight excluding hydrogens is 689 g/mol. The maximum absolute atomic E-state index is 6.80. The van der Waals surface area contributed by atoms with Crippen LogP contribution in [0.4, 0.5) is 0 Å². The zero-order valence-corrected chi connectivity index (χ0v) is 34.7. The van der Waals surface area contributed by atoms with E-state index < -0.39 is 0 Å². The van der Waals surface area contributed by atoms with E-state index in [4.69, 9.17) is 18.9 Å². The van der Waals surface area contributed by atoms with E-state index in [0.717, 1.165) is 119 Å². The summed E-state index contributed by atoms with van der Waals surface area (Å²) in [4.78, 5) is 0. The van der Waals surface area contributed by atoms with Gasteiger partial charge in [0.1, 0.15) is 23.0 Å². The molecule has 0 heterocycles. The first-order chi connectivity index (χ1) is 27.4. The van der Waals surface area contributed by atoms with E-state index in [2.05, 4.69) is 103 Å². The Labute approximate surface area is 338 Å². The molecule has 0 saturated heterocycles. The van der Waals surface area contributed by atoms with Crippen molar-refractivity contribution in [3.63, 3.8) is 0 Å². The van der Waals surface area contributed by atoms with Gasteiger partial charge in [-0.05, 0) is 118 Å². The molecule has 0 N–H and O–H groups in total. The summed E-state index contributed by atoms with van der Waals surface area (Å²) in [6, 6.07) is 18.5. The number of fused-ring (bicyclic) bond motifs is 8. The minimum atomic E-state index is 0.630. The van der Waals surface area contributed by atoms with Crippen molar-refractivity contribution in [1.29, 1.82) is 0 Å². The minimum Gasteiger partial charge on any atom is -0.493 e. The second-order valence-electron chi connectivity index (χ2n) is 15.0. The van der Waals surface area contributed by atoms with Gasteiger partial charge in [-0.15, -0.1) is 26.3 Å². The van der Waals surface area contributed by atoms with Crippen LogP contribution in [0.1, 0.15) is 120 Å². The fourth-order valence-electron chi connectivity index (χ4n) is 7.87. The van der Waals surface area contributed by atoms with Gasteiger partial charge in [-0.1, -0.05) is 101 Å². The summed E-state index contributed by atoms with van der Waals surface area (Å²) in [7, 11) is 0. The molecule has 4 aromatic rings. The summed E-state index contributed by atoms with van der Waals surface area (Å²) in [5.74, 6) is 3.82. The first kappa shape index (κ1) is 42.2. The van der Waals surface area contributed by atoms with Gasteiger partial charge in [0.2, 0.25) is 0 Å². The standard InChI is InChI=1S/C52H64O4/c1-9-17-37-25-41-33-43-27-38(18-10-2)29-45(50(43)54-22-14-6)35-47-31-40(20-12-4)32-48(52(47)56-24-16-8)36-46-30-39(19-11-3)28-44(51(46)55-23-15-7)34-42(26-37)49(41)53-21-13-5/h9-12,25-32H,1-4,13-24,33-36H2,5-8H3. The third-order valence-electron chi connectivity index (χ3n) is 10.1. The molecule has 0 amide bonds. The zero-order chi connectivity index (χ0) is 39.9. The van der Waals surface area contributed by atoms with E-state index in [1.54, 1.807) is 0 Å². The van der Waals surface area contributed by atoms with Crippen LogP contribution < -0.4 is 18.9 Å². The molecule has 5 rings (SSSR count). The molecule has 1 aliphatic rings. The first-order valence-corrected chi connectivity index (χ1v) is 20.9. The molecular formula is C52H64O4. The fraction of sp³-hybridized carbons (Fsp3) is 0.385. The van der Waals surface area contributed by atoms with E-state index in [1.807, 2.05) is 24.3 Å². The average Bonchev–Trinajstić information content (AvgIpc) is 3.17. The molecule has 0 aromatic heterocycles. The van der Waals surface area contributed by atoms with Gasteiger partial charge in [0.15, 0.2) is 0 Å². The summed E-state index contributed by atoms with van der Waals surface area (Å²) in [6.45, 7) is 27.7. The van der Waals surface area contributed by atoms with Gasteiger partial charge in [-0.2, -0.15) is 0 Å². The molecule has 0 unspecified atom stereocenters. The largest absolute Gasteiger partial charge is 0.493 e. The van der Waals surface area contributed by atoms with Gasteiger partial charge in [0, 0.05) is 25.7 Å². The normalized spacial score (nSPS) is 12.1. The Morgan fingerprint density at radius 3 is 0.679 bits per heavy atom. The van der Waals surface area contributed by atoms with E-state index in [-0.39, 0.29) is 0 Å². The predicted octanol–water partition coefficient (Wildman–Crippen LogP) is 12.4. The van der Waals surface area contributed by atoms with Crippen molar-refractivity contribution in [3.05, 3.63) is 166 Å². The number of allylic oxidation sites excluding steroid dienone is 4. The molecule has 4 aromatic carbocycles. The number of hydrogen-bond acceptors (Lipinski definition) is 4. The molecule has 0 spiro atoms. The van der Waals surface area contributed by atoms with E-state index in [1.165, 1.54) is 22.3 Å². The highest BCUT2D eigenvalue weighted by Crippen LogP contribution is 2.41. The predicted molar refractivity (Wildman–Crippen MR) is 236 cm³/mol. The van der Waals surface area contributed by atoms with Crippen molar-refractivity contribution in [2.75, 3.05) is 26.4 Å². The maximum atomic E-state index is 6.80. The van der Waals surface area contributed by atoms with Gasteiger partial charge in [0.25, 0.3) is 0 Å². The second-order valence-corrected chi connectivity index (χ2v) is 15.0. The molecule has 0 aliphatic heterocycles. The van der Waals surface area contributed by atoms with Crippen molar-refractivity contribution < 1.29 is 18.9 Å². The van der Waals surface area contributed by atoms with Crippen LogP contribution in [-0.2, 0) is 51.4 Å². The second kappa shape index (κ2) is 21.4. The van der Waals surface area contributed by atoms with Gasteiger partial charge in [0.05, 0.1) is 26.4 Å². The summed E-state index contributed by atoms with van der Waals surface area (Å²) < 4.78 is 27.2. The SMILES string of the molecule is C=CCc1cc2c(OCCC)c(c1)Cc1cc(CC=C)cc(c1OCCC)Cc1cc(CC=C)cc(c1OCCC)Cc1cc(CC=C)cc(c1OCCC)C2. The lowest BCUT2D eigenvalue weighted by molar-refractivity contribution is 0.304. The Balaban J connectivity index is 1.93. The van der Waals surface area contributed by atoms with Crippen LogP contribution in [0.5, 0.6) is 23.0 Å².